The molecule has 0 atom stereocenters. The lowest BCUT2D eigenvalue weighted by atomic mass is 10.4. The van der Waals surface area contributed by atoms with E-state index in [0.717, 1.165) is 0 Å². The molecule has 0 amide bonds. The number of hydrogen-bond acceptors (Lipinski definition) is 0. The van der Waals surface area contributed by atoms with E-state index in [1.54, 1.807) is 12.3 Å². The van der Waals surface area contributed by atoms with Crippen LogP contribution < -0.4 is 10.6 Å². The zero-order valence-electron chi connectivity index (χ0n) is 5.24. The third-order valence-electron chi connectivity index (χ3n) is 1.20. The first-order chi connectivity index (χ1) is 4.22. The van der Waals surface area contributed by atoms with Gasteiger partial charge < -0.3 is 4.98 Å². The molecule has 48 valence electrons. The maximum atomic E-state index is 12.4. The van der Waals surface area contributed by atoms with Gasteiger partial charge in [-0.15, -0.1) is 0 Å². The molecule has 0 saturated carbocycles. The average molecular weight is 125 g/mol. The van der Waals surface area contributed by atoms with Gasteiger partial charge in [0.25, 0.3) is 0 Å². The zero-order chi connectivity index (χ0) is 6.85. The van der Waals surface area contributed by atoms with Crippen molar-refractivity contribution < 1.29 is 4.39 Å². The van der Waals surface area contributed by atoms with Gasteiger partial charge in [-0.05, 0) is 13.0 Å². The van der Waals surface area contributed by atoms with E-state index in [-0.39, 0.29) is 5.83 Å². The SMILES string of the molecule is C=c1[nH]cc/c1=C(/C)F. The molecule has 0 fully saturated rings. The van der Waals surface area contributed by atoms with E-state index in [1.807, 2.05) is 0 Å². The van der Waals surface area contributed by atoms with Gasteiger partial charge >= 0.3 is 0 Å². The second-order valence-electron chi connectivity index (χ2n) is 1.90. The molecule has 0 saturated heterocycles. The maximum Gasteiger partial charge on any atom is 0.106 e. The third-order valence-corrected chi connectivity index (χ3v) is 1.20. The van der Waals surface area contributed by atoms with Gasteiger partial charge in [0, 0.05) is 16.8 Å². The van der Waals surface area contributed by atoms with E-state index < -0.39 is 0 Å². The Morgan fingerprint density at radius 2 is 2.44 bits per heavy atom. The van der Waals surface area contributed by atoms with Crippen LogP contribution in [-0.4, -0.2) is 4.98 Å². The van der Waals surface area contributed by atoms with E-state index in [0.29, 0.717) is 10.6 Å². The molecule has 0 aliphatic rings. The topological polar surface area (TPSA) is 15.8 Å². The van der Waals surface area contributed by atoms with Crippen molar-refractivity contribution in [2.45, 2.75) is 6.92 Å². The summed E-state index contributed by atoms with van der Waals surface area (Å²) in [5, 5.41) is 1.20. The molecule has 0 unspecified atom stereocenters. The number of hydrogen-bond donors (Lipinski definition) is 1. The second-order valence-corrected chi connectivity index (χ2v) is 1.90. The smallest absolute Gasteiger partial charge is 0.106 e. The first-order valence-corrected chi connectivity index (χ1v) is 2.70. The number of nitrogens with one attached hydrogen (secondary N) is 1. The highest BCUT2D eigenvalue weighted by molar-refractivity contribution is 5.31. The molecule has 0 aliphatic heterocycles. The summed E-state index contributed by atoms with van der Waals surface area (Å²) in [6, 6.07) is 1.66. The van der Waals surface area contributed by atoms with Gasteiger partial charge in [-0.25, -0.2) is 4.39 Å². The number of aromatic nitrogens is 1. The summed E-state index contributed by atoms with van der Waals surface area (Å²) in [6.45, 7) is 5.00. The predicted octanol–water partition coefficient (Wildman–Crippen LogP) is 0.523. The van der Waals surface area contributed by atoms with Gasteiger partial charge in [-0.3, -0.25) is 0 Å². The van der Waals surface area contributed by atoms with Crippen molar-refractivity contribution in [1.29, 1.82) is 0 Å². The van der Waals surface area contributed by atoms with Gasteiger partial charge in [0.15, 0.2) is 0 Å². The molecule has 0 aliphatic carbocycles. The Morgan fingerprint density at radius 3 is 2.67 bits per heavy atom. The van der Waals surface area contributed by atoms with Gasteiger partial charge in [0.1, 0.15) is 5.83 Å². The van der Waals surface area contributed by atoms with Crippen molar-refractivity contribution in [1.82, 2.24) is 4.98 Å². The van der Waals surface area contributed by atoms with Crippen LogP contribution in [0.15, 0.2) is 12.3 Å². The Morgan fingerprint density at radius 1 is 1.78 bits per heavy atom. The highest BCUT2D eigenvalue weighted by atomic mass is 19.1. The van der Waals surface area contributed by atoms with Crippen molar-refractivity contribution in [2.24, 2.45) is 0 Å². The third kappa shape index (κ3) is 1.02. The highest BCUT2D eigenvalue weighted by Crippen LogP contribution is 1.85. The van der Waals surface area contributed by atoms with E-state index in [2.05, 4.69) is 11.6 Å². The summed E-state index contributed by atoms with van der Waals surface area (Å²) in [7, 11) is 0. The minimum atomic E-state index is -0.193. The Labute approximate surface area is 52.5 Å². The zero-order valence-corrected chi connectivity index (χ0v) is 5.24. The first-order valence-electron chi connectivity index (χ1n) is 2.70. The van der Waals surface area contributed by atoms with Gasteiger partial charge in [0.05, 0.1) is 0 Å². The van der Waals surface area contributed by atoms with E-state index in [4.69, 9.17) is 0 Å². The lowest BCUT2D eigenvalue weighted by Crippen LogP contribution is -2.21. The first kappa shape index (κ1) is 6.08. The van der Waals surface area contributed by atoms with Crippen LogP contribution in [0.2, 0.25) is 0 Å². The molecule has 0 aromatic carbocycles. The standard InChI is InChI=1S/C7H8FN/c1-5(8)7-3-4-9-6(7)2/h3-4,9H,2H2,1H3/b7-5+. The van der Waals surface area contributed by atoms with Gasteiger partial charge in [-0.1, -0.05) is 6.58 Å². The van der Waals surface area contributed by atoms with Crippen LogP contribution in [0.1, 0.15) is 6.92 Å². The maximum absolute atomic E-state index is 12.4. The van der Waals surface area contributed by atoms with Crippen molar-refractivity contribution in [2.75, 3.05) is 0 Å². The molecular formula is C7H8FN. The monoisotopic (exact) mass is 125 g/mol. The minimum absolute atomic E-state index is 0.193. The van der Waals surface area contributed by atoms with Crippen LogP contribution in [0, 0.1) is 0 Å². The van der Waals surface area contributed by atoms with Crippen LogP contribution >= 0.6 is 0 Å². The molecular weight excluding hydrogens is 117 g/mol. The lowest BCUT2D eigenvalue weighted by Gasteiger charge is -1.76. The molecule has 1 heterocycles. The molecule has 0 spiro atoms. The molecule has 1 rings (SSSR count). The molecule has 1 aromatic rings. The summed E-state index contributed by atoms with van der Waals surface area (Å²) in [5.41, 5.74) is 0. The fourth-order valence-electron chi connectivity index (χ4n) is 0.727. The van der Waals surface area contributed by atoms with E-state index in [1.165, 1.54) is 6.92 Å². The Bertz CT molecular complexity index is 293. The molecule has 1 nitrogen and oxygen atoms in total. The molecule has 1 N–H and O–H groups in total. The fraction of sp³-hybridized carbons (Fsp3) is 0.143. The molecule has 0 radical (unpaired) electrons. The van der Waals surface area contributed by atoms with Crippen molar-refractivity contribution >= 4 is 12.4 Å². The lowest BCUT2D eigenvalue weighted by molar-refractivity contribution is 0.740. The summed E-state index contributed by atoms with van der Waals surface area (Å²) >= 11 is 0. The summed E-state index contributed by atoms with van der Waals surface area (Å²) in [6.07, 6.45) is 1.67. The van der Waals surface area contributed by atoms with E-state index >= 15 is 0 Å². The predicted molar refractivity (Wildman–Crippen MR) is 35.8 cm³/mol. The van der Waals surface area contributed by atoms with Crippen LogP contribution in [-0.2, 0) is 0 Å². The number of halogens is 1. The van der Waals surface area contributed by atoms with E-state index in [9.17, 15) is 4.39 Å². The number of rotatable bonds is 0. The molecule has 0 bridgehead atoms. The Balaban J connectivity index is 3.60. The van der Waals surface area contributed by atoms with Gasteiger partial charge in [-0.2, -0.15) is 0 Å². The van der Waals surface area contributed by atoms with Crippen molar-refractivity contribution in [3.63, 3.8) is 0 Å². The summed E-state index contributed by atoms with van der Waals surface area (Å²) in [5.74, 6) is -0.193. The van der Waals surface area contributed by atoms with Crippen LogP contribution in [0.5, 0.6) is 0 Å². The second kappa shape index (κ2) is 2.05. The average Bonchev–Trinajstić information content (AvgIpc) is 2.13. The Hall–Kier alpha value is -1.05. The van der Waals surface area contributed by atoms with Crippen LogP contribution in [0.3, 0.4) is 0 Å². The minimum Gasteiger partial charge on any atom is -0.362 e. The molecule has 2 heteroatoms. The molecule has 9 heavy (non-hydrogen) atoms. The largest absolute Gasteiger partial charge is 0.362 e. The van der Waals surface area contributed by atoms with Crippen molar-refractivity contribution in [3.8, 4) is 0 Å². The van der Waals surface area contributed by atoms with Crippen LogP contribution in [0.4, 0.5) is 4.39 Å². The van der Waals surface area contributed by atoms with Gasteiger partial charge in [0.2, 0.25) is 0 Å². The molecule has 1 aromatic heterocycles. The summed E-state index contributed by atoms with van der Waals surface area (Å²) < 4.78 is 12.4. The van der Waals surface area contributed by atoms with Crippen molar-refractivity contribution in [3.05, 3.63) is 22.8 Å². The highest BCUT2D eigenvalue weighted by Gasteiger charge is 1.86. The quantitative estimate of drug-likeness (QED) is 0.520. The normalized spacial score (nSPS) is 13.6. The number of aromatic amines is 1. The summed E-state index contributed by atoms with van der Waals surface area (Å²) in [4.78, 5) is 2.78. The van der Waals surface area contributed by atoms with Crippen LogP contribution in [0.25, 0.3) is 12.4 Å². The number of H-pyrrole nitrogens is 1. The fourth-order valence-corrected chi connectivity index (χ4v) is 0.727. The Kier molecular flexibility index (Phi) is 1.39.